The number of aromatic nitrogens is 3. The molecule has 0 radical (unpaired) electrons. The minimum Gasteiger partial charge on any atom is -0.345 e. The van der Waals surface area contributed by atoms with Gasteiger partial charge in [0.15, 0.2) is 0 Å². The van der Waals surface area contributed by atoms with Crippen LogP contribution >= 0.6 is 0 Å². The molecular formula is C22H17FN4O. The van der Waals surface area contributed by atoms with Crippen molar-refractivity contribution in [1.82, 2.24) is 20.1 Å². The molecule has 1 amide bonds. The first-order valence-corrected chi connectivity index (χ1v) is 8.81. The van der Waals surface area contributed by atoms with Crippen molar-refractivity contribution in [2.24, 2.45) is 0 Å². The lowest BCUT2D eigenvalue weighted by molar-refractivity contribution is 0.0942. The molecule has 138 valence electrons. The molecule has 0 bridgehead atoms. The zero-order valence-electron chi connectivity index (χ0n) is 14.9. The Morgan fingerprint density at radius 2 is 1.71 bits per heavy atom. The minimum atomic E-state index is -0.388. The Morgan fingerprint density at radius 1 is 0.964 bits per heavy atom. The highest BCUT2D eigenvalue weighted by Gasteiger charge is 2.19. The number of carbonyl (C=O) groups is 1. The van der Waals surface area contributed by atoms with Crippen LogP contribution in [0.25, 0.3) is 16.9 Å². The highest BCUT2D eigenvalue weighted by atomic mass is 19.1. The van der Waals surface area contributed by atoms with Crippen molar-refractivity contribution >= 4 is 5.91 Å². The summed E-state index contributed by atoms with van der Waals surface area (Å²) in [5.74, 6) is -0.703. The van der Waals surface area contributed by atoms with Crippen LogP contribution in [0.2, 0.25) is 0 Å². The van der Waals surface area contributed by atoms with Crippen molar-refractivity contribution in [2.75, 3.05) is 0 Å². The summed E-state index contributed by atoms with van der Waals surface area (Å²) in [4.78, 5) is 17.1. The number of rotatable bonds is 5. The fourth-order valence-corrected chi connectivity index (χ4v) is 2.87. The van der Waals surface area contributed by atoms with E-state index in [9.17, 15) is 9.18 Å². The van der Waals surface area contributed by atoms with Gasteiger partial charge in [-0.15, -0.1) is 0 Å². The molecule has 2 heterocycles. The highest BCUT2D eigenvalue weighted by molar-refractivity contribution is 5.94. The Hall–Kier alpha value is -3.80. The predicted octanol–water partition coefficient (Wildman–Crippen LogP) is 4.00. The predicted molar refractivity (Wildman–Crippen MR) is 104 cm³/mol. The summed E-state index contributed by atoms with van der Waals surface area (Å²) in [6, 6.07) is 22.8. The maximum Gasteiger partial charge on any atom is 0.270 e. The van der Waals surface area contributed by atoms with Crippen molar-refractivity contribution in [2.45, 2.75) is 6.54 Å². The lowest BCUT2D eigenvalue weighted by Gasteiger charge is -2.08. The molecule has 6 heteroatoms. The molecule has 0 unspecified atom stereocenters. The van der Waals surface area contributed by atoms with Gasteiger partial charge < -0.3 is 5.32 Å². The summed E-state index contributed by atoms with van der Waals surface area (Å²) in [6.07, 6.45) is 1.67. The lowest BCUT2D eigenvalue weighted by Crippen LogP contribution is -2.25. The van der Waals surface area contributed by atoms with Gasteiger partial charge in [0.05, 0.1) is 23.6 Å². The molecule has 28 heavy (non-hydrogen) atoms. The normalized spacial score (nSPS) is 10.6. The Labute approximate surface area is 161 Å². The average molecular weight is 372 g/mol. The van der Waals surface area contributed by atoms with E-state index < -0.39 is 0 Å². The Bertz CT molecular complexity index is 1090. The van der Waals surface area contributed by atoms with Crippen LogP contribution < -0.4 is 5.32 Å². The van der Waals surface area contributed by atoms with E-state index in [4.69, 9.17) is 0 Å². The van der Waals surface area contributed by atoms with Gasteiger partial charge in [0.1, 0.15) is 11.5 Å². The van der Waals surface area contributed by atoms with Crippen molar-refractivity contribution in [3.8, 4) is 16.9 Å². The van der Waals surface area contributed by atoms with Crippen LogP contribution in [0.4, 0.5) is 4.39 Å². The van der Waals surface area contributed by atoms with E-state index in [1.807, 2.05) is 48.5 Å². The van der Waals surface area contributed by atoms with Gasteiger partial charge in [-0.1, -0.05) is 36.4 Å². The van der Waals surface area contributed by atoms with Crippen LogP contribution in [0, 0.1) is 5.82 Å². The van der Waals surface area contributed by atoms with Crippen molar-refractivity contribution in [1.29, 1.82) is 0 Å². The van der Waals surface area contributed by atoms with Gasteiger partial charge in [0.25, 0.3) is 5.91 Å². The maximum absolute atomic E-state index is 14.2. The molecule has 5 nitrogen and oxygen atoms in total. The van der Waals surface area contributed by atoms with Crippen LogP contribution in [0.5, 0.6) is 0 Å². The molecule has 2 aromatic carbocycles. The second-order valence-electron chi connectivity index (χ2n) is 6.15. The van der Waals surface area contributed by atoms with Crippen LogP contribution in [0.15, 0.2) is 85.1 Å². The fraction of sp³-hybridized carbons (Fsp3) is 0.0455. The summed E-state index contributed by atoms with van der Waals surface area (Å²) in [6.45, 7) is 0.286. The summed E-state index contributed by atoms with van der Waals surface area (Å²) >= 11 is 0. The first-order valence-electron chi connectivity index (χ1n) is 8.81. The second kappa shape index (κ2) is 7.84. The van der Waals surface area contributed by atoms with Crippen LogP contribution in [0.1, 0.15) is 16.2 Å². The number of benzene rings is 2. The lowest BCUT2D eigenvalue weighted by atomic mass is 10.1. The number of hydrogen-bond acceptors (Lipinski definition) is 3. The van der Waals surface area contributed by atoms with Crippen molar-refractivity contribution < 1.29 is 9.18 Å². The number of pyridine rings is 1. The SMILES string of the molecule is O=C(NCc1ccccn1)c1cc(-c2ccccc2F)nn1-c1ccccc1. The van der Waals surface area contributed by atoms with E-state index in [2.05, 4.69) is 15.4 Å². The molecule has 0 aliphatic rings. The molecule has 0 saturated heterocycles. The largest absolute Gasteiger partial charge is 0.345 e. The molecule has 0 aliphatic heterocycles. The van der Waals surface area contributed by atoms with Gasteiger partial charge in [-0.05, 0) is 42.5 Å². The van der Waals surface area contributed by atoms with Crippen LogP contribution in [0.3, 0.4) is 0 Å². The smallest absolute Gasteiger partial charge is 0.270 e. The molecular weight excluding hydrogens is 355 g/mol. The standard InChI is InChI=1S/C22H17FN4O/c23-19-12-5-4-11-18(19)20-14-21(27(26-20)17-9-2-1-3-10-17)22(28)25-15-16-8-6-7-13-24-16/h1-14H,15H2,(H,25,28). The number of hydrogen-bond donors (Lipinski definition) is 1. The highest BCUT2D eigenvalue weighted by Crippen LogP contribution is 2.24. The van der Waals surface area contributed by atoms with Crippen molar-refractivity contribution in [3.05, 3.63) is 102 Å². The summed E-state index contributed by atoms with van der Waals surface area (Å²) in [5, 5.41) is 7.34. The van der Waals surface area contributed by atoms with Crippen LogP contribution in [-0.2, 0) is 6.54 Å². The van der Waals surface area contributed by atoms with E-state index in [0.29, 0.717) is 22.6 Å². The van der Waals surface area contributed by atoms with E-state index in [1.165, 1.54) is 10.7 Å². The minimum absolute atomic E-state index is 0.286. The van der Waals surface area contributed by atoms with Gasteiger partial charge >= 0.3 is 0 Å². The molecule has 2 aromatic heterocycles. The van der Waals surface area contributed by atoms with Gasteiger partial charge in [-0.25, -0.2) is 9.07 Å². The fourth-order valence-electron chi connectivity index (χ4n) is 2.87. The Morgan fingerprint density at radius 3 is 2.46 bits per heavy atom. The monoisotopic (exact) mass is 372 g/mol. The number of nitrogens with one attached hydrogen (secondary N) is 1. The summed E-state index contributed by atoms with van der Waals surface area (Å²) < 4.78 is 15.8. The number of carbonyl (C=O) groups excluding carboxylic acids is 1. The topological polar surface area (TPSA) is 59.8 Å². The van der Waals surface area contributed by atoms with E-state index in [1.54, 1.807) is 30.5 Å². The van der Waals surface area contributed by atoms with E-state index in [0.717, 1.165) is 5.69 Å². The molecule has 0 spiro atoms. The zero-order chi connectivity index (χ0) is 19.3. The van der Waals surface area contributed by atoms with Gasteiger partial charge in [-0.3, -0.25) is 9.78 Å². The molecule has 1 N–H and O–H groups in total. The molecule has 0 fully saturated rings. The zero-order valence-corrected chi connectivity index (χ0v) is 14.9. The Balaban J connectivity index is 1.70. The molecule has 0 atom stereocenters. The number of para-hydroxylation sites is 1. The first kappa shape index (κ1) is 17.6. The van der Waals surface area contributed by atoms with E-state index >= 15 is 0 Å². The summed E-state index contributed by atoms with van der Waals surface area (Å²) in [5.41, 5.74) is 2.52. The number of nitrogens with zero attached hydrogens (tertiary/aromatic N) is 3. The van der Waals surface area contributed by atoms with Gasteiger partial charge in [-0.2, -0.15) is 5.10 Å². The summed E-state index contributed by atoms with van der Waals surface area (Å²) in [7, 11) is 0. The van der Waals surface area contributed by atoms with Crippen molar-refractivity contribution in [3.63, 3.8) is 0 Å². The average Bonchev–Trinajstić information content (AvgIpc) is 3.19. The molecule has 4 aromatic rings. The van der Waals surface area contributed by atoms with Crippen LogP contribution in [-0.4, -0.2) is 20.7 Å². The molecule has 4 rings (SSSR count). The first-order chi connectivity index (χ1) is 13.7. The van der Waals surface area contributed by atoms with Gasteiger partial charge in [0.2, 0.25) is 0 Å². The molecule has 0 saturated carbocycles. The van der Waals surface area contributed by atoms with E-state index in [-0.39, 0.29) is 18.3 Å². The third-order valence-corrected chi connectivity index (χ3v) is 4.25. The molecule has 0 aliphatic carbocycles. The van der Waals surface area contributed by atoms with Gasteiger partial charge in [0, 0.05) is 11.8 Å². The quantitative estimate of drug-likeness (QED) is 0.576. The second-order valence-corrected chi connectivity index (χ2v) is 6.15. The Kier molecular flexibility index (Phi) is 4.93. The third-order valence-electron chi connectivity index (χ3n) is 4.25. The number of halogens is 1. The maximum atomic E-state index is 14.2. The third kappa shape index (κ3) is 3.66. The number of amides is 1.